The number of aryl methyl sites for hydroxylation is 1. The van der Waals surface area contributed by atoms with Crippen LogP contribution < -0.4 is 4.74 Å². The van der Waals surface area contributed by atoms with Gasteiger partial charge in [-0.05, 0) is 36.8 Å². The Morgan fingerprint density at radius 2 is 1.48 bits per heavy atom. The summed E-state index contributed by atoms with van der Waals surface area (Å²) in [6.45, 7) is 4.03. The Hall–Kier alpha value is -2.89. The van der Waals surface area contributed by atoms with Crippen LogP contribution in [-0.4, -0.2) is 59.9 Å². The monoisotopic (exact) mass is 339 g/mol. The highest BCUT2D eigenvalue weighted by Gasteiger charge is 2.25. The lowest BCUT2D eigenvalue weighted by atomic mass is 10.1. The van der Waals surface area contributed by atoms with Crippen molar-refractivity contribution in [3.8, 4) is 5.75 Å². The fraction of sp³-hybridized carbons (Fsp3) is 0.316. The molecule has 0 spiro atoms. The Kier molecular flexibility index (Phi) is 4.97. The molecular weight excluding hydrogens is 318 g/mol. The molecule has 0 bridgehead atoms. The van der Waals surface area contributed by atoms with Crippen LogP contribution in [0, 0.1) is 6.92 Å². The summed E-state index contributed by atoms with van der Waals surface area (Å²) in [6.07, 6.45) is 3.22. The SMILES string of the molecule is COc1cc(C(=O)N2CCN(C(=O)c3ccncc3)CC2)ccc1C. The van der Waals surface area contributed by atoms with E-state index in [0.29, 0.717) is 43.1 Å². The average Bonchev–Trinajstić information content (AvgIpc) is 2.68. The van der Waals surface area contributed by atoms with Crippen LogP contribution in [-0.2, 0) is 0 Å². The van der Waals surface area contributed by atoms with Gasteiger partial charge in [-0.2, -0.15) is 0 Å². The van der Waals surface area contributed by atoms with Crippen molar-refractivity contribution in [1.29, 1.82) is 0 Å². The molecule has 2 amide bonds. The molecule has 1 aromatic heterocycles. The third-order valence-corrected chi connectivity index (χ3v) is 4.44. The minimum Gasteiger partial charge on any atom is -0.496 e. The summed E-state index contributed by atoms with van der Waals surface area (Å²) in [5, 5.41) is 0. The largest absolute Gasteiger partial charge is 0.496 e. The number of carbonyl (C=O) groups is 2. The molecule has 2 aromatic rings. The first-order valence-electron chi connectivity index (χ1n) is 8.23. The number of nitrogens with zero attached hydrogens (tertiary/aromatic N) is 3. The Morgan fingerprint density at radius 1 is 0.920 bits per heavy atom. The van der Waals surface area contributed by atoms with E-state index in [9.17, 15) is 9.59 Å². The van der Waals surface area contributed by atoms with Crippen LogP contribution in [0.4, 0.5) is 0 Å². The molecule has 0 atom stereocenters. The van der Waals surface area contributed by atoms with E-state index >= 15 is 0 Å². The summed E-state index contributed by atoms with van der Waals surface area (Å²) < 4.78 is 5.29. The molecule has 0 N–H and O–H groups in total. The maximum absolute atomic E-state index is 12.7. The van der Waals surface area contributed by atoms with Crippen molar-refractivity contribution in [3.05, 3.63) is 59.4 Å². The van der Waals surface area contributed by atoms with Gasteiger partial charge in [-0.3, -0.25) is 14.6 Å². The number of carbonyl (C=O) groups excluding carboxylic acids is 2. The standard InChI is InChI=1S/C19H21N3O3/c1-14-3-4-16(13-17(14)25-2)19(24)22-11-9-21(10-12-22)18(23)15-5-7-20-8-6-15/h3-8,13H,9-12H2,1-2H3. The van der Waals surface area contributed by atoms with Gasteiger partial charge in [0.05, 0.1) is 7.11 Å². The van der Waals surface area contributed by atoms with E-state index in [1.807, 2.05) is 19.1 Å². The number of pyridine rings is 1. The molecule has 25 heavy (non-hydrogen) atoms. The van der Waals surface area contributed by atoms with E-state index in [2.05, 4.69) is 4.98 Å². The molecule has 130 valence electrons. The van der Waals surface area contributed by atoms with Crippen molar-refractivity contribution in [2.24, 2.45) is 0 Å². The van der Waals surface area contributed by atoms with Crippen molar-refractivity contribution >= 4 is 11.8 Å². The Labute approximate surface area is 147 Å². The van der Waals surface area contributed by atoms with Crippen LogP contribution >= 0.6 is 0 Å². The van der Waals surface area contributed by atoms with E-state index in [1.54, 1.807) is 47.5 Å². The normalized spacial score (nSPS) is 14.3. The van der Waals surface area contributed by atoms with E-state index in [-0.39, 0.29) is 11.8 Å². The Morgan fingerprint density at radius 3 is 2.04 bits per heavy atom. The number of ether oxygens (including phenoxy) is 1. The second kappa shape index (κ2) is 7.34. The summed E-state index contributed by atoms with van der Waals surface area (Å²) in [4.78, 5) is 32.6. The van der Waals surface area contributed by atoms with E-state index in [4.69, 9.17) is 4.74 Å². The number of amides is 2. The van der Waals surface area contributed by atoms with Crippen molar-refractivity contribution in [2.75, 3.05) is 33.3 Å². The number of piperazine rings is 1. The summed E-state index contributed by atoms with van der Waals surface area (Å²) in [6, 6.07) is 8.88. The molecular formula is C19H21N3O3. The van der Waals surface area contributed by atoms with Gasteiger partial charge in [-0.25, -0.2) is 0 Å². The molecule has 1 aromatic carbocycles. The van der Waals surface area contributed by atoms with E-state index in [1.165, 1.54) is 0 Å². The highest BCUT2D eigenvalue weighted by atomic mass is 16.5. The van der Waals surface area contributed by atoms with Crippen LogP contribution in [0.25, 0.3) is 0 Å². The molecule has 1 fully saturated rings. The second-order valence-corrected chi connectivity index (χ2v) is 6.00. The highest BCUT2D eigenvalue weighted by Crippen LogP contribution is 2.20. The summed E-state index contributed by atoms with van der Waals surface area (Å²) in [5.74, 6) is 0.651. The van der Waals surface area contributed by atoms with Gasteiger partial charge in [0.1, 0.15) is 5.75 Å². The smallest absolute Gasteiger partial charge is 0.254 e. The zero-order valence-electron chi connectivity index (χ0n) is 14.4. The van der Waals surface area contributed by atoms with Gasteiger partial charge < -0.3 is 14.5 Å². The third kappa shape index (κ3) is 3.63. The molecule has 0 saturated carbocycles. The Balaban J connectivity index is 1.64. The number of hydrogen-bond donors (Lipinski definition) is 0. The number of aromatic nitrogens is 1. The zero-order valence-corrected chi connectivity index (χ0v) is 14.4. The quantitative estimate of drug-likeness (QED) is 0.858. The molecule has 6 heteroatoms. The predicted octanol–water partition coefficient (Wildman–Crippen LogP) is 2.00. The van der Waals surface area contributed by atoms with Gasteiger partial charge in [-0.1, -0.05) is 6.07 Å². The van der Waals surface area contributed by atoms with Crippen LogP contribution in [0.15, 0.2) is 42.7 Å². The Bertz CT molecular complexity index is 769. The van der Waals surface area contributed by atoms with Crippen molar-refractivity contribution in [3.63, 3.8) is 0 Å². The van der Waals surface area contributed by atoms with Gasteiger partial charge in [0.2, 0.25) is 0 Å². The van der Waals surface area contributed by atoms with Crippen LogP contribution in [0.3, 0.4) is 0 Å². The fourth-order valence-electron chi connectivity index (χ4n) is 2.93. The van der Waals surface area contributed by atoms with Gasteiger partial charge in [0.15, 0.2) is 0 Å². The van der Waals surface area contributed by atoms with E-state index in [0.717, 1.165) is 5.56 Å². The number of rotatable bonds is 3. The molecule has 0 radical (unpaired) electrons. The first-order chi connectivity index (χ1) is 12.1. The van der Waals surface area contributed by atoms with Gasteiger partial charge in [0.25, 0.3) is 11.8 Å². The lowest BCUT2D eigenvalue weighted by Gasteiger charge is -2.35. The summed E-state index contributed by atoms with van der Waals surface area (Å²) >= 11 is 0. The minimum atomic E-state index is -0.0330. The maximum atomic E-state index is 12.7. The number of benzene rings is 1. The topological polar surface area (TPSA) is 62.7 Å². The molecule has 0 aliphatic carbocycles. The van der Waals surface area contributed by atoms with Crippen LogP contribution in [0.5, 0.6) is 5.75 Å². The number of methoxy groups -OCH3 is 1. The van der Waals surface area contributed by atoms with Crippen LogP contribution in [0.1, 0.15) is 26.3 Å². The van der Waals surface area contributed by atoms with Gasteiger partial charge in [-0.15, -0.1) is 0 Å². The lowest BCUT2D eigenvalue weighted by Crippen LogP contribution is -2.50. The molecule has 3 rings (SSSR count). The van der Waals surface area contributed by atoms with Crippen molar-refractivity contribution in [2.45, 2.75) is 6.92 Å². The molecule has 1 aliphatic heterocycles. The highest BCUT2D eigenvalue weighted by molar-refractivity contribution is 5.96. The van der Waals surface area contributed by atoms with Crippen molar-refractivity contribution in [1.82, 2.24) is 14.8 Å². The average molecular weight is 339 g/mol. The van der Waals surface area contributed by atoms with Crippen molar-refractivity contribution < 1.29 is 14.3 Å². The first kappa shape index (κ1) is 17.0. The second-order valence-electron chi connectivity index (χ2n) is 6.00. The van der Waals surface area contributed by atoms with E-state index < -0.39 is 0 Å². The van der Waals surface area contributed by atoms with Crippen LogP contribution in [0.2, 0.25) is 0 Å². The summed E-state index contributed by atoms with van der Waals surface area (Å²) in [7, 11) is 1.60. The predicted molar refractivity (Wildman–Crippen MR) is 93.8 cm³/mol. The lowest BCUT2D eigenvalue weighted by molar-refractivity contribution is 0.0535. The zero-order chi connectivity index (χ0) is 17.8. The third-order valence-electron chi connectivity index (χ3n) is 4.44. The molecule has 2 heterocycles. The molecule has 6 nitrogen and oxygen atoms in total. The molecule has 0 unspecified atom stereocenters. The minimum absolute atomic E-state index is 0.0218. The van der Waals surface area contributed by atoms with Gasteiger partial charge in [0, 0.05) is 49.7 Å². The maximum Gasteiger partial charge on any atom is 0.254 e. The first-order valence-corrected chi connectivity index (χ1v) is 8.23. The summed E-state index contributed by atoms with van der Waals surface area (Å²) in [5.41, 5.74) is 2.22. The fourth-order valence-corrected chi connectivity index (χ4v) is 2.93. The van der Waals surface area contributed by atoms with Gasteiger partial charge >= 0.3 is 0 Å². The molecule has 1 aliphatic rings. The molecule has 1 saturated heterocycles. The number of hydrogen-bond acceptors (Lipinski definition) is 4.